The first-order valence-corrected chi connectivity index (χ1v) is 8.50. The van der Waals surface area contributed by atoms with Gasteiger partial charge in [0.15, 0.2) is 0 Å². The van der Waals surface area contributed by atoms with Crippen molar-refractivity contribution >= 4 is 28.1 Å². The highest BCUT2D eigenvalue weighted by atomic mass is 16.2. The standard InChI is InChI=1S/C17H22N6O2/c1-10-5-7-22(17(25)21(2)3)9-13(10)23-14-11-4-6-18-15(11)19-8-12(14)20-16(23)24/h4,6,8,10,13H,5,7,9H2,1-3H3,(H,18,19)(H,20,24). The molecule has 8 heteroatoms. The van der Waals surface area contributed by atoms with Crippen LogP contribution in [0.3, 0.4) is 0 Å². The maximum atomic E-state index is 12.7. The number of aromatic nitrogens is 4. The number of carbonyl (C=O) groups is 1. The zero-order chi connectivity index (χ0) is 17.7. The molecule has 1 aliphatic heterocycles. The Labute approximate surface area is 144 Å². The summed E-state index contributed by atoms with van der Waals surface area (Å²) in [6, 6.07) is 1.85. The molecule has 2 amide bonds. The molecule has 8 nitrogen and oxygen atoms in total. The van der Waals surface area contributed by atoms with Crippen LogP contribution in [0.4, 0.5) is 4.79 Å². The van der Waals surface area contributed by atoms with Gasteiger partial charge in [-0.15, -0.1) is 0 Å². The molecule has 132 valence electrons. The molecule has 0 bridgehead atoms. The Morgan fingerprint density at radius 2 is 2.20 bits per heavy atom. The van der Waals surface area contributed by atoms with E-state index >= 15 is 0 Å². The van der Waals surface area contributed by atoms with E-state index in [1.54, 1.807) is 25.2 Å². The highest BCUT2D eigenvalue weighted by Gasteiger charge is 2.33. The molecule has 2 atom stereocenters. The number of nitrogens with one attached hydrogen (secondary N) is 2. The van der Waals surface area contributed by atoms with Crippen molar-refractivity contribution in [2.45, 2.75) is 19.4 Å². The van der Waals surface area contributed by atoms with Crippen molar-refractivity contribution in [3.8, 4) is 0 Å². The van der Waals surface area contributed by atoms with Crippen LogP contribution in [0.15, 0.2) is 23.3 Å². The van der Waals surface area contributed by atoms with E-state index in [1.807, 2.05) is 21.7 Å². The maximum absolute atomic E-state index is 12.7. The Morgan fingerprint density at radius 1 is 1.40 bits per heavy atom. The number of pyridine rings is 1. The second-order valence-electron chi connectivity index (χ2n) is 7.02. The van der Waals surface area contributed by atoms with Crippen molar-refractivity contribution in [3.63, 3.8) is 0 Å². The van der Waals surface area contributed by atoms with Gasteiger partial charge >= 0.3 is 11.7 Å². The normalized spacial score (nSPS) is 21.2. The van der Waals surface area contributed by atoms with Crippen LogP contribution in [0, 0.1) is 5.92 Å². The molecule has 0 spiro atoms. The van der Waals surface area contributed by atoms with Gasteiger partial charge in [0.25, 0.3) is 0 Å². The second kappa shape index (κ2) is 5.65. The molecule has 2 unspecified atom stereocenters. The SMILES string of the molecule is CC1CCN(C(=O)N(C)C)CC1n1c(=O)[nH]c2cnc3[nH]ccc3c21. The number of fused-ring (bicyclic) bond motifs is 3. The van der Waals surface area contributed by atoms with Crippen molar-refractivity contribution in [2.24, 2.45) is 5.92 Å². The number of hydrogen-bond donors (Lipinski definition) is 2. The van der Waals surface area contributed by atoms with Gasteiger partial charge in [-0.05, 0) is 18.4 Å². The van der Waals surface area contributed by atoms with Gasteiger partial charge in [-0.25, -0.2) is 14.6 Å². The van der Waals surface area contributed by atoms with Crippen LogP contribution in [0.5, 0.6) is 0 Å². The minimum absolute atomic E-state index is 0.0155. The van der Waals surface area contributed by atoms with Crippen molar-refractivity contribution in [3.05, 3.63) is 28.9 Å². The maximum Gasteiger partial charge on any atom is 0.326 e. The third-order valence-corrected chi connectivity index (χ3v) is 5.16. The van der Waals surface area contributed by atoms with Crippen molar-refractivity contribution in [1.82, 2.24) is 29.3 Å². The van der Waals surface area contributed by atoms with Crippen LogP contribution < -0.4 is 5.69 Å². The molecule has 0 saturated carbocycles. The Balaban J connectivity index is 1.85. The van der Waals surface area contributed by atoms with Gasteiger partial charge in [-0.3, -0.25) is 4.57 Å². The van der Waals surface area contributed by atoms with Crippen LogP contribution in [0.25, 0.3) is 22.1 Å². The predicted octanol–water partition coefficient (Wildman–Crippen LogP) is 1.77. The summed E-state index contributed by atoms with van der Waals surface area (Å²) in [5.41, 5.74) is 2.18. The first-order chi connectivity index (χ1) is 12.0. The Hall–Kier alpha value is -2.77. The molecule has 4 heterocycles. The summed E-state index contributed by atoms with van der Waals surface area (Å²) < 4.78 is 1.81. The zero-order valence-corrected chi connectivity index (χ0v) is 14.6. The van der Waals surface area contributed by atoms with E-state index < -0.39 is 0 Å². The molecular weight excluding hydrogens is 320 g/mol. The van der Waals surface area contributed by atoms with E-state index in [-0.39, 0.29) is 17.8 Å². The predicted molar refractivity (Wildman–Crippen MR) is 95.7 cm³/mol. The van der Waals surface area contributed by atoms with E-state index in [0.717, 1.165) is 28.5 Å². The monoisotopic (exact) mass is 342 g/mol. The highest BCUT2D eigenvalue weighted by Crippen LogP contribution is 2.31. The lowest BCUT2D eigenvalue weighted by Crippen LogP contribution is -2.48. The number of likely N-dealkylation sites (tertiary alicyclic amines) is 1. The molecule has 3 aromatic rings. The molecule has 0 radical (unpaired) electrons. The topological polar surface area (TPSA) is 90.0 Å². The highest BCUT2D eigenvalue weighted by molar-refractivity contribution is 6.00. The summed E-state index contributed by atoms with van der Waals surface area (Å²) in [6.45, 7) is 3.38. The van der Waals surface area contributed by atoms with Gasteiger partial charge in [0.1, 0.15) is 5.65 Å². The Morgan fingerprint density at radius 3 is 2.96 bits per heavy atom. The fourth-order valence-corrected chi connectivity index (χ4v) is 3.78. The number of hydrogen-bond acceptors (Lipinski definition) is 3. The zero-order valence-electron chi connectivity index (χ0n) is 14.6. The lowest BCUT2D eigenvalue weighted by Gasteiger charge is -2.38. The summed E-state index contributed by atoms with van der Waals surface area (Å²) in [4.78, 5) is 38.9. The van der Waals surface area contributed by atoms with E-state index in [1.165, 1.54) is 0 Å². The minimum Gasteiger partial charge on any atom is -0.346 e. The number of H-pyrrole nitrogens is 2. The number of urea groups is 1. The number of aromatic amines is 2. The minimum atomic E-state index is -0.151. The fraction of sp³-hybridized carbons (Fsp3) is 0.471. The molecule has 4 rings (SSSR count). The van der Waals surface area contributed by atoms with Gasteiger partial charge in [-0.1, -0.05) is 6.92 Å². The van der Waals surface area contributed by atoms with Gasteiger partial charge in [0, 0.05) is 38.8 Å². The van der Waals surface area contributed by atoms with Crippen molar-refractivity contribution in [1.29, 1.82) is 0 Å². The average molecular weight is 342 g/mol. The number of carbonyl (C=O) groups excluding carboxylic acids is 1. The van der Waals surface area contributed by atoms with E-state index in [4.69, 9.17) is 0 Å². The van der Waals surface area contributed by atoms with Gasteiger partial charge < -0.3 is 19.8 Å². The van der Waals surface area contributed by atoms with Crippen LogP contribution in [0.1, 0.15) is 19.4 Å². The summed E-state index contributed by atoms with van der Waals surface area (Å²) in [5.74, 6) is 0.296. The third kappa shape index (κ3) is 2.40. The summed E-state index contributed by atoms with van der Waals surface area (Å²) in [7, 11) is 3.50. The number of rotatable bonds is 1. The largest absolute Gasteiger partial charge is 0.346 e. The van der Waals surface area contributed by atoms with Crippen molar-refractivity contribution in [2.75, 3.05) is 27.2 Å². The summed E-state index contributed by atoms with van der Waals surface area (Å²) in [5, 5.41) is 0.916. The number of imidazole rings is 1. The molecule has 1 aliphatic rings. The average Bonchev–Trinajstić information content (AvgIpc) is 3.17. The van der Waals surface area contributed by atoms with E-state index in [0.29, 0.717) is 19.0 Å². The molecule has 25 heavy (non-hydrogen) atoms. The molecular formula is C17H22N6O2. The Kier molecular flexibility index (Phi) is 3.55. The van der Waals surface area contributed by atoms with E-state index in [2.05, 4.69) is 21.9 Å². The van der Waals surface area contributed by atoms with Crippen LogP contribution in [-0.4, -0.2) is 62.5 Å². The van der Waals surface area contributed by atoms with Gasteiger partial charge in [0.2, 0.25) is 0 Å². The fourth-order valence-electron chi connectivity index (χ4n) is 3.78. The molecule has 0 aliphatic carbocycles. The smallest absolute Gasteiger partial charge is 0.326 e. The lowest BCUT2D eigenvalue weighted by molar-refractivity contribution is 0.123. The Bertz CT molecular complexity index is 998. The number of piperidine rings is 1. The number of amides is 2. The van der Waals surface area contributed by atoms with E-state index in [9.17, 15) is 9.59 Å². The molecule has 2 N–H and O–H groups in total. The quantitative estimate of drug-likeness (QED) is 0.706. The molecule has 0 aromatic carbocycles. The van der Waals surface area contributed by atoms with Crippen LogP contribution in [0.2, 0.25) is 0 Å². The molecule has 3 aromatic heterocycles. The van der Waals surface area contributed by atoms with Crippen LogP contribution >= 0.6 is 0 Å². The van der Waals surface area contributed by atoms with Crippen molar-refractivity contribution < 1.29 is 4.79 Å². The lowest BCUT2D eigenvalue weighted by atomic mass is 9.93. The van der Waals surface area contributed by atoms with Gasteiger partial charge in [-0.2, -0.15) is 0 Å². The molecule has 1 fully saturated rings. The first kappa shape index (κ1) is 15.7. The number of nitrogens with zero attached hydrogens (tertiary/aromatic N) is 4. The summed E-state index contributed by atoms with van der Waals surface area (Å²) in [6.07, 6.45) is 4.37. The third-order valence-electron chi connectivity index (χ3n) is 5.16. The van der Waals surface area contributed by atoms with Crippen LogP contribution in [-0.2, 0) is 0 Å². The first-order valence-electron chi connectivity index (χ1n) is 8.50. The second-order valence-corrected chi connectivity index (χ2v) is 7.02. The van der Waals surface area contributed by atoms with Gasteiger partial charge in [0.05, 0.1) is 23.3 Å². The summed E-state index contributed by atoms with van der Waals surface area (Å²) >= 11 is 0. The molecule has 1 saturated heterocycles.